The van der Waals surface area contributed by atoms with Gasteiger partial charge in [0.1, 0.15) is 0 Å². The maximum Gasteiger partial charge on any atom is 0.305 e. The second-order valence-corrected chi connectivity index (χ2v) is 2.75. The quantitative estimate of drug-likeness (QED) is 0.371. The molecule has 0 aromatic rings. The highest BCUT2D eigenvalue weighted by Gasteiger charge is 1.96. The van der Waals surface area contributed by atoms with Crippen molar-refractivity contribution in [3.8, 4) is 0 Å². The minimum atomic E-state index is -0.169. The predicted molar refractivity (Wildman–Crippen MR) is 54.0 cm³/mol. The standard InChI is InChI=1S/C10H17NO2/c1-4-9(2)8-11-7-5-6-10(12)13-3/h4,8H,5-7H2,1-3H3/b9-4-,11-8?. The summed E-state index contributed by atoms with van der Waals surface area (Å²) < 4.78 is 4.50. The van der Waals surface area contributed by atoms with Gasteiger partial charge >= 0.3 is 5.97 Å². The van der Waals surface area contributed by atoms with E-state index >= 15 is 0 Å². The molecule has 0 aliphatic rings. The van der Waals surface area contributed by atoms with E-state index in [-0.39, 0.29) is 5.97 Å². The number of ether oxygens (including phenoxy) is 1. The second kappa shape index (κ2) is 7.53. The molecule has 0 unspecified atom stereocenters. The molecule has 0 atom stereocenters. The molecule has 0 aromatic carbocycles. The van der Waals surface area contributed by atoms with E-state index in [1.807, 2.05) is 26.1 Å². The molecule has 0 heterocycles. The Morgan fingerprint density at radius 2 is 2.23 bits per heavy atom. The lowest BCUT2D eigenvalue weighted by Gasteiger charge is -1.95. The minimum absolute atomic E-state index is 0.169. The summed E-state index contributed by atoms with van der Waals surface area (Å²) in [7, 11) is 1.40. The van der Waals surface area contributed by atoms with E-state index in [9.17, 15) is 4.79 Å². The monoisotopic (exact) mass is 183 g/mol. The number of methoxy groups -OCH3 is 1. The normalized spacial score (nSPS) is 12.1. The fourth-order valence-electron chi connectivity index (χ4n) is 0.700. The van der Waals surface area contributed by atoms with E-state index in [4.69, 9.17) is 0 Å². The van der Waals surface area contributed by atoms with Gasteiger partial charge in [0.15, 0.2) is 0 Å². The second-order valence-electron chi connectivity index (χ2n) is 2.75. The predicted octanol–water partition coefficient (Wildman–Crippen LogP) is 1.98. The first-order valence-electron chi connectivity index (χ1n) is 4.40. The molecule has 0 saturated carbocycles. The highest BCUT2D eigenvalue weighted by Crippen LogP contribution is 1.93. The van der Waals surface area contributed by atoms with Crippen molar-refractivity contribution < 1.29 is 9.53 Å². The molecule has 13 heavy (non-hydrogen) atoms. The SMILES string of the molecule is C/C=C(/C)C=NCCCC(=O)OC. The molecule has 0 aliphatic carbocycles. The number of allylic oxidation sites excluding steroid dienone is 2. The van der Waals surface area contributed by atoms with Crippen molar-refractivity contribution in [3.05, 3.63) is 11.6 Å². The molecule has 0 saturated heterocycles. The summed E-state index contributed by atoms with van der Waals surface area (Å²) >= 11 is 0. The maximum absolute atomic E-state index is 10.7. The molecule has 3 heteroatoms. The van der Waals surface area contributed by atoms with E-state index in [1.54, 1.807) is 0 Å². The number of rotatable bonds is 5. The highest BCUT2D eigenvalue weighted by atomic mass is 16.5. The Morgan fingerprint density at radius 3 is 2.77 bits per heavy atom. The van der Waals surface area contributed by atoms with Gasteiger partial charge in [0.2, 0.25) is 0 Å². The lowest BCUT2D eigenvalue weighted by molar-refractivity contribution is -0.140. The van der Waals surface area contributed by atoms with Gasteiger partial charge in [-0.05, 0) is 25.8 Å². The third-order valence-corrected chi connectivity index (χ3v) is 1.65. The molecule has 74 valence electrons. The van der Waals surface area contributed by atoms with Crippen LogP contribution in [0.4, 0.5) is 0 Å². The van der Waals surface area contributed by atoms with Crippen LogP contribution in [-0.4, -0.2) is 25.8 Å². The Morgan fingerprint density at radius 1 is 1.54 bits per heavy atom. The topological polar surface area (TPSA) is 38.7 Å². The van der Waals surface area contributed by atoms with E-state index in [0.29, 0.717) is 13.0 Å². The van der Waals surface area contributed by atoms with Crippen LogP contribution in [0.15, 0.2) is 16.6 Å². The van der Waals surface area contributed by atoms with E-state index in [2.05, 4.69) is 9.73 Å². The molecular formula is C10H17NO2. The van der Waals surface area contributed by atoms with Gasteiger partial charge in [-0.1, -0.05) is 6.08 Å². The fourth-order valence-corrected chi connectivity index (χ4v) is 0.700. The van der Waals surface area contributed by atoms with Gasteiger partial charge in [-0.2, -0.15) is 0 Å². The van der Waals surface area contributed by atoms with Gasteiger partial charge in [-0.25, -0.2) is 0 Å². The van der Waals surface area contributed by atoms with Gasteiger partial charge in [-0.15, -0.1) is 0 Å². The van der Waals surface area contributed by atoms with Crippen LogP contribution in [-0.2, 0) is 9.53 Å². The number of carbonyl (C=O) groups excluding carboxylic acids is 1. The third kappa shape index (κ3) is 7.25. The molecule has 0 spiro atoms. The number of aliphatic imine (C=N–C) groups is 1. The summed E-state index contributed by atoms with van der Waals surface area (Å²) in [5.41, 5.74) is 1.14. The first-order chi connectivity index (χ1) is 6.20. The average molecular weight is 183 g/mol. The molecular weight excluding hydrogens is 166 g/mol. The fraction of sp³-hybridized carbons (Fsp3) is 0.600. The molecule has 0 rings (SSSR count). The maximum atomic E-state index is 10.7. The Hall–Kier alpha value is -1.12. The summed E-state index contributed by atoms with van der Waals surface area (Å²) in [5.74, 6) is -0.169. The number of hydrogen-bond acceptors (Lipinski definition) is 3. The van der Waals surface area contributed by atoms with Crippen LogP contribution in [0.1, 0.15) is 26.7 Å². The third-order valence-electron chi connectivity index (χ3n) is 1.65. The zero-order valence-corrected chi connectivity index (χ0v) is 8.54. The Kier molecular flexibility index (Phi) is 6.88. The Labute approximate surface area is 79.5 Å². The van der Waals surface area contributed by atoms with Crippen molar-refractivity contribution in [1.82, 2.24) is 0 Å². The Bertz CT molecular complexity index is 207. The molecule has 0 aliphatic heterocycles. The zero-order valence-electron chi connectivity index (χ0n) is 8.54. The molecule has 0 N–H and O–H groups in total. The van der Waals surface area contributed by atoms with Crippen molar-refractivity contribution in [2.75, 3.05) is 13.7 Å². The number of hydrogen-bond donors (Lipinski definition) is 0. The van der Waals surface area contributed by atoms with Crippen LogP contribution in [0, 0.1) is 0 Å². The minimum Gasteiger partial charge on any atom is -0.469 e. The molecule has 0 bridgehead atoms. The largest absolute Gasteiger partial charge is 0.469 e. The van der Waals surface area contributed by atoms with Crippen LogP contribution in [0.5, 0.6) is 0 Å². The molecule has 0 amide bonds. The van der Waals surface area contributed by atoms with E-state index in [1.165, 1.54) is 7.11 Å². The number of carbonyl (C=O) groups is 1. The lowest BCUT2D eigenvalue weighted by Crippen LogP contribution is -2.00. The van der Waals surface area contributed by atoms with E-state index in [0.717, 1.165) is 12.0 Å². The summed E-state index contributed by atoms with van der Waals surface area (Å²) in [6.45, 7) is 4.64. The van der Waals surface area contributed by atoms with Crippen LogP contribution in [0.3, 0.4) is 0 Å². The van der Waals surface area contributed by atoms with Crippen LogP contribution >= 0.6 is 0 Å². The molecule has 0 radical (unpaired) electrons. The van der Waals surface area contributed by atoms with Crippen molar-refractivity contribution in [2.24, 2.45) is 4.99 Å². The van der Waals surface area contributed by atoms with Crippen LogP contribution in [0.25, 0.3) is 0 Å². The molecule has 0 fully saturated rings. The first-order valence-corrected chi connectivity index (χ1v) is 4.40. The average Bonchev–Trinajstić information content (AvgIpc) is 2.16. The molecule has 3 nitrogen and oxygen atoms in total. The van der Waals surface area contributed by atoms with Gasteiger partial charge in [0.25, 0.3) is 0 Å². The number of esters is 1. The van der Waals surface area contributed by atoms with E-state index < -0.39 is 0 Å². The highest BCUT2D eigenvalue weighted by molar-refractivity contribution is 5.77. The summed E-state index contributed by atoms with van der Waals surface area (Å²) in [6, 6.07) is 0. The Balaban J connectivity index is 3.46. The first kappa shape index (κ1) is 11.9. The van der Waals surface area contributed by atoms with Crippen molar-refractivity contribution >= 4 is 12.2 Å². The summed E-state index contributed by atoms with van der Waals surface area (Å²) in [5, 5.41) is 0. The van der Waals surface area contributed by atoms with Gasteiger partial charge < -0.3 is 4.74 Å². The van der Waals surface area contributed by atoms with Gasteiger partial charge in [-0.3, -0.25) is 9.79 Å². The van der Waals surface area contributed by atoms with Gasteiger partial charge in [0.05, 0.1) is 7.11 Å². The summed E-state index contributed by atoms with van der Waals surface area (Å²) in [4.78, 5) is 14.8. The summed E-state index contributed by atoms with van der Waals surface area (Å²) in [6.07, 6.45) is 5.00. The lowest BCUT2D eigenvalue weighted by atomic mass is 10.3. The number of nitrogens with zero attached hydrogens (tertiary/aromatic N) is 1. The van der Waals surface area contributed by atoms with Crippen molar-refractivity contribution in [2.45, 2.75) is 26.7 Å². The smallest absolute Gasteiger partial charge is 0.305 e. The van der Waals surface area contributed by atoms with Gasteiger partial charge in [0, 0.05) is 19.2 Å². The van der Waals surface area contributed by atoms with Crippen molar-refractivity contribution in [1.29, 1.82) is 0 Å². The zero-order chi connectivity index (χ0) is 10.1. The molecule has 0 aromatic heterocycles. The van der Waals surface area contributed by atoms with Crippen molar-refractivity contribution in [3.63, 3.8) is 0 Å². The van der Waals surface area contributed by atoms with Crippen LogP contribution < -0.4 is 0 Å². The van der Waals surface area contributed by atoms with Crippen LogP contribution in [0.2, 0.25) is 0 Å².